The van der Waals surface area contributed by atoms with E-state index in [0.717, 1.165) is 4.47 Å². The lowest BCUT2D eigenvalue weighted by Gasteiger charge is -2.23. The summed E-state index contributed by atoms with van der Waals surface area (Å²) >= 11 is 9.30. The van der Waals surface area contributed by atoms with Crippen molar-refractivity contribution in [3.05, 3.63) is 27.7 Å². The van der Waals surface area contributed by atoms with Gasteiger partial charge >= 0.3 is 0 Å². The molecule has 5 nitrogen and oxygen atoms in total. The maximum Gasteiger partial charge on any atom is 0.260 e. The highest BCUT2D eigenvalue weighted by atomic mass is 79.9. The van der Waals surface area contributed by atoms with Crippen molar-refractivity contribution in [2.24, 2.45) is 0 Å². The number of carbonyl (C=O) groups is 2. The summed E-state index contributed by atoms with van der Waals surface area (Å²) in [6, 6.07) is 5.13. The molecule has 1 aromatic rings. The number of nitrogens with one attached hydrogen (secondary N) is 1. The molecule has 0 heterocycles. The smallest absolute Gasteiger partial charge is 0.260 e. The molecular weight excluding hydrogens is 372 g/mol. The first-order chi connectivity index (χ1) is 10.1. The molecule has 0 saturated carbocycles. The molecule has 0 aliphatic heterocycles. The minimum absolute atomic E-state index is 0.0203. The van der Waals surface area contributed by atoms with Gasteiger partial charge in [0.1, 0.15) is 5.75 Å². The monoisotopic (exact) mass is 390 g/mol. The summed E-state index contributed by atoms with van der Waals surface area (Å²) in [5, 5.41) is 3.21. The molecule has 7 heteroatoms. The molecule has 0 atom stereocenters. The highest BCUT2D eigenvalue weighted by molar-refractivity contribution is 9.10. The standard InChI is InChI=1S/C15H20BrClN2O3/c1-15(2,3)18-13(20)8-19(4)14(21)9-22-12-6-5-10(16)7-11(12)17/h5-7H,8-9H2,1-4H3,(H,18,20). The van der Waals surface area contributed by atoms with Gasteiger partial charge < -0.3 is 15.0 Å². The second kappa shape index (κ2) is 7.83. The van der Waals surface area contributed by atoms with Gasteiger partial charge in [-0.05, 0) is 39.0 Å². The molecule has 0 radical (unpaired) electrons. The van der Waals surface area contributed by atoms with E-state index < -0.39 is 0 Å². The van der Waals surface area contributed by atoms with E-state index in [1.54, 1.807) is 25.2 Å². The van der Waals surface area contributed by atoms with Crippen LogP contribution in [-0.4, -0.2) is 42.5 Å². The number of amides is 2. The summed E-state index contributed by atoms with van der Waals surface area (Å²) in [5.74, 6) is -0.0983. The van der Waals surface area contributed by atoms with Gasteiger partial charge in [0.05, 0.1) is 11.6 Å². The lowest BCUT2D eigenvalue weighted by atomic mass is 10.1. The van der Waals surface area contributed by atoms with Gasteiger partial charge in [0.15, 0.2) is 6.61 Å². The lowest BCUT2D eigenvalue weighted by molar-refractivity contribution is -0.136. The summed E-state index contributed by atoms with van der Waals surface area (Å²) in [5.41, 5.74) is -0.331. The van der Waals surface area contributed by atoms with E-state index in [9.17, 15) is 9.59 Å². The maximum absolute atomic E-state index is 12.0. The summed E-state index contributed by atoms with van der Waals surface area (Å²) in [7, 11) is 1.55. The summed E-state index contributed by atoms with van der Waals surface area (Å²) in [6.07, 6.45) is 0. The third kappa shape index (κ3) is 6.66. The first-order valence-corrected chi connectivity index (χ1v) is 7.88. The number of ether oxygens (including phenoxy) is 1. The summed E-state index contributed by atoms with van der Waals surface area (Å²) in [4.78, 5) is 25.0. The quantitative estimate of drug-likeness (QED) is 0.839. The van der Waals surface area contributed by atoms with Crippen molar-refractivity contribution < 1.29 is 14.3 Å². The van der Waals surface area contributed by atoms with Gasteiger partial charge in [-0.1, -0.05) is 27.5 Å². The van der Waals surface area contributed by atoms with E-state index in [1.807, 2.05) is 20.8 Å². The van der Waals surface area contributed by atoms with Gasteiger partial charge in [-0.25, -0.2) is 0 Å². The normalized spacial score (nSPS) is 11.0. The molecule has 122 valence electrons. The van der Waals surface area contributed by atoms with Crippen molar-refractivity contribution in [1.82, 2.24) is 10.2 Å². The van der Waals surface area contributed by atoms with Crippen LogP contribution in [0.3, 0.4) is 0 Å². The third-order valence-electron chi connectivity index (χ3n) is 2.57. The topological polar surface area (TPSA) is 58.6 Å². The molecule has 0 fully saturated rings. The zero-order chi connectivity index (χ0) is 16.9. The van der Waals surface area contributed by atoms with E-state index in [4.69, 9.17) is 16.3 Å². The molecule has 1 rings (SSSR count). The summed E-state index contributed by atoms with van der Waals surface area (Å²) in [6.45, 7) is 5.44. The Morgan fingerprint density at radius 3 is 2.55 bits per heavy atom. The Bertz CT molecular complexity index is 558. The molecule has 0 aliphatic rings. The Labute approximate surface area is 144 Å². The average molecular weight is 392 g/mol. The Morgan fingerprint density at radius 1 is 1.36 bits per heavy atom. The first-order valence-electron chi connectivity index (χ1n) is 6.71. The van der Waals surface area contributed by atoms with Crippen LogP contribution in [0.1, 0.15) is 20.8 Å². The second-order valence-corrected chi connectivity index (χ2v) is 7.23. The fraction of sp³-hybridized carbons (Fsp3) is 0.467. The minimum atomic E-state index is -0.331. The van der Waals surface area contributed by atoms with Crippen LogP contribution >= 0.6 is 27.5 Å². The Balaban J connectivity index is 2.49. The van der Waals surface area contributed by atoms with Crippen molar-refractivity contribution in [2.75, 3.05) is 20.2 Å². The first kappa shape index (κ1) is 18.8. The Hall–Kier alpha value is -1.27. The SMILES string of the molecule is CN(CC(=O)NC(C)(C)C)C(=O)COc1ccc(Br)cc1Cl. The molecule has 0 aromatic heterocycles. The minimum Gasteiger partial charge on any atom is -0.482 e. The van der Waals surface area contributed by atoms with Crippen molar-refractivity contribution in [2.45, 2.75) is 26.3 Å². The third-order valence-corrected chi connectivity index (χ3v) is 3.35. The van der Waals surface area contributed by atoms with Crippen LogP contribution < -0.4 is 10.1 Å². The van der Waals surface area contributed by atoms with E-state index >= 15 is 0 Å². The van der Waals surface area contributed by atoms with Crippen LogP contribution in [0.15, 0.2) is 22.7 Å². The van der Waals surface area contributed by atoms with Crippen LogP contribution in [0.25, 0.3) is 0 Å². The molecule has 0 bridgehead atoms. The lowest BCUT2D eigenvalue weighted by Crippen LogP contribution is -2.47. The maximum atomic E-state index is 12.0. The number of hydrogen-bond donors (Lipinski definition) is 1. The van der Waals surface area contributed by atoms with Crippen molar-refractivity contribution in [3.8, 4) is 5.75 Å². The predicted octanol–water partition coefficient (Wildman–Crippen LogP) is 2.85. The second-order valence-electron chi connectivity index (χ2n) is 5.91. The molecule has 1 N–H and O–H groups in total. The number of likely N-dealkylation sites (N-methyl/N-ethyl adjacent to an activating group) is 1. The predicted molar refractivity (Wildman–Crippen MR) is 90.2 cm³/mol. The number of benzene rings is 1. The van der Waals surface area contributed by atoms with E-state index in [0.29, 0.717) is 10.8 Å². The van der Waals surface area contributed by atoms with Crippen LogP contribution in [0.4, 0.5) is 0 Å². The van der Waals surface area contributed by atoms with Gasteiger partial charge in [0, 0.05) is 17.1 Å². The number of hydrogen-bond acceptors (Lipinski definition) is 3. The zero-order valence-electron chi connectivity index (χ0n) is 13.1. The number of rotatable bonds is 5. The molecule has 1 aromatic carbocycles. The van der Waals surface area contributed by atoms with Crippen molar-refractivity contribution >= 4 is 39.3 Å². The molecule has 0 aliphatic carbocycles. The van der Waals surface area contributed by atoms with Crippen molar-refractivity contribution in [3.63, 3.8) is 0 Å². The fourth-order valence-corrected chi connectivity index (χ4v) is 2.33. The molecular formula is C15H20BrClN2O3. The zero-order valence-corrected chi connectivity index (χ0v) is 15.4. The Kier molecular flexibility index (Phi) is 6.68. The van der Waals surface area contributed by atoms with Gasteiger partial charge in [-0.3, -0.25) is 9.59 Å². The number of carbonyl (C=O) groups excluding carboxylic acids is 2. The number of halogens is 2. The van der Waals surface area contributed by atoms with Crippen molar-refractivity contribution in [1.29, 1.82) is 0 Å². The Morgan fingerprint density at radius 2 is 2.00 bits per heavy atom. The largest absolute Gasteiger partial charge is 0.482 e. The van der Waals surface area contributed by atoms with Crippen LogP contribution in [0.2, 0.25) is 5.02 Å². The van der Waals surface area contributed by atoms with E-state index in [1.165, 1.54) is 4.90 Å². The highest BCUT2D eigenvalue weighted by Gasteiger charge is 2.18. The molecule has 0 spiro atoms. The molecule has 0 unspecified atom stereocenters. The van der Waals surface area contributed by atoms with Gasteiger partial charge in [-0.15, -0.1) is 0 Å². The number of nitrogens with zero attached hydrogens (tertiary/aromatic N) is 1. The molecule has 22 heavy (non-hydrogen) atoms. The van der Waals surface area contributed by atoms with Gasteiger partial charge in [-0.2, -0.15) is 0 Å². The highest BCUT2D eigenvalue weighted by Crippen LogP contribution is 2.27. The van der Waals surface area contributed by atoms with Crippen LogP contribution in [0.5, 0.6) is 5.75 Å². The van der Waals surface area contributed by atoms with Gasteiger partial charge in [0.2, 0.25) is 5.91 Å². The molecule has 2 amide bonds. The van der Waals surface area contributed by atoms with Crippen LogP contribution in [-0.2, 0) is 9.59 Å². The van der Waals surface area contributed by atoms with Crippen LogP contribution in [0, 0.1) is 0 Å². The fourth-order valence-electron chi connectivity index (χ4n) is 1.60. The van der Waals surface area contributed by atoms with E-state index in [2.05, 4.69) is 21.2 Å². The van der Waals surface area contributed by atoms with E-state index in [-0.39, 0.29) is 30.5 Å². The summed E-state index contributed by atoms with van der Waals surface area (Å²) < 4.78 is 6.21. The average Bonchev–Trinajstić information content (AvgIpc) is 2.34. The van der Waals surface area contributed by atoms with Gasteiger partial charge in [0.25, 0.3) is 5.91 Å². The molecule has 0 saturated heterocycles.